The van der Waals surface area contributed by atoms with Gasteiger partial charge in [0, 0.05) is 16.7 Å². The lowest BCUT2D eigenvalue weighted by Gasteiger charge is -2.25. The summed E-state index contributed by atoms with van der Waals surface area (Å²) in [6.07, 6.45) is 1.68. The Balaban J connectivity index is 1.65. The molecule has 0 N–H and O–H groups in total. The molecule has 10 heteroatoms. The highest BCUT2D eigenvalue weighted by molar-refractivity contribution is 7.07. The van der Waals surface area contributed by atoms with Gasteiger partial charge in [0.15, 0.2) is 16.3 Å². The molecule has 3 heterocycles. The first kappa shape index (κ1) is 27.5. The molecule has 0 fully saturated rings. The minimum absolute atomic E-state index is 0.189. The maximum Gasteiger partial charge on any atom is 0.338 e. The standard InChI is InChI=1S/C30H27ClN2O6S/c1-5-37-24-15-19(9-13-23(24)36-4)27-26(29(35)38-6-2)17(3)32-30-33(27)28(34)25(40-30)16-21-12-14-22(39-21)18-7-10-20(31)11-8-18/h7-16,27H,5-6H2,1-4H3/b25-16-/t27-/m1/s1. The number of ether oxygens (including phenoxy) is 3. The Morgan fingerprint density at radius 2 is 1.88 bits per heavy atom. The molecule has 206 valence electrons. The molecule has 0 amide bonds. The Kier molecular flexibility index (Phi) is 7.95. The first-order valence-corrected chi connectivity index (χ1v) is 13.9. The molecule has 0 bridgehead atoms. The third-order valence-corrected chi connectivity index (χ3v) is 7.58. The van der Waals surface area contributed by atoms with Crippen LogP contribution in [-0.4, -0.2) is 30.9 Å². The van der Waals surface area contributed by atoms with E-state index in [4.69, 9.17) is 30.2 Å². The van der Waals surface area contributed by atoms with Crippen LogP contribution in [0.2, 0.25) is 5.02 Å². The Morgan fingerprint density at radius 1 is 1.10 bits per heavy atom. The summed E-state index contributed by atoms with van der Waals surface area (Å²) in [7, 11) is 1.56. The van der Waals surface area contributed by atoms with Gasteiger partial charge in [-0.15, -0.1) is 0 Å². The maximum absolute atomic E-state index is 13.9. The summed E-state index contributed by atoms with van der Waals surface area (Å²) in [6, 6.07) is 15.5. The number of nitrogens with zero attached hydrogens (tertiary/aromatic N) is 2. The highest BCUT2D eigenvalue weighted by atomic mass is 35.5. The molecule has 2 aromatic carbocycles. The highest BCUT2D eigenvalue weighted by Gasteiger charge is 2.34. The molecule has 0 saturated carbocycles. The number of rotatable bonds is 8. The van der Waals surface area contributed by atoms with Gasteiger partial charge in [0.25, 0.3) is 5.56 Å². The Bertz CT molecular complexity index is 1780. The Hall–Kier alpha value is -4.08. The van der Waals surface area contributed by atoms with Crippen LogP contribution in [0.3, 0.4) is 0 Å². The van der Waals surface area contributed by atoms with Crippen molar-refractivity contribution < 1.29 is 23.4 Å². The van der Waals surface area contributed by atoms with E-state index in [2.05, 4.69) is 4.99 Å². The first-order chi connectivity index (χ1) is 19.3. The fourth-order valence-corrected chi connectivity index (χ4v) is 5.72. The summed E-state index contributed by atoms with van der Waals surface area (Å²) in [5.41, 5.74) is 1.99. The fourth-order valence-electron chi connectivity index (χ4n) is 4.57. The van der Waals surface area contributed by atoms with E-state index in [-0.39, 0.29) is 17.7 Å². The number of halogens is 1. The van der Waals surface area contributed by atoms with Crippen LogP contribution in [0, 0.1) is 0 Å². The second-order valence-corrected chi connectivity index (χ2v) is 10.3. The number of aromatic nitrogens is 1. The highest BCUT2D eigenvalue weighted by Crippen LogP contribution is 2.36. The molecule has 1 aliphatic heterocycles. The van der Waals surface area contributed by atoms with E-state index in [1.807, 2.05) is 31.2 Å². The third kappa shape index (κ3) is 5.22. The van der Waals surface area contributed by atoms with Crippen LogP contribution < -0.4 is 24.4 Å². The third-order valence-electron chi connectivity index (χ3n) is 6.35. The van der Waals surface area contributed by atoms with Gasteiger partial charge in [-0.3, -0.25) is 9.36 Å². The zero-order valence-electron chi connectivity index (χ0n) is 22.4. The predicted molar refractivity (Wildman–Crippen MR) is 154 cm³/mol. The molecular weight excluding hydrogens is 552 g/mol. The minimum atomic E-state index is -0.774. The van der Waals surface area contributed by atoms with Crippen molar-refractivity contribution in [1.29, 1.82) is 0 Å². The molecule has 0 saturated heterocycles. The van der Waals surface area contributed by atoms with Crippen molar-refractivity contribution in [2.75, 3.05) is 20.3 Å². The number of esters is 1. The molecule has 8 nitrogen and oxygen atoms in total. The van der Waals surface area contributed by atoms with Crippen molar-refractivity contribution in [3.8, 4) is 22.8 Å². The molecule has 0 radical (unpaired) electrons. The number of thiazole rings is 1. The van der Waals surface area contributed by atoms with Crippen molar-refractivity contribution in [3.05, 3.63) is 102 Å². The zero-order valence-corrected chi connectivity index (χ0v) is 24.0. The number of hydrogen-bond acceptors (Lipinski definition) is 8. The molecule has 5 rings (SSSR count). The van der Waals surface area contributed by atoms with Gasteiger partial charge in [0.1, 0.15) is 11.5 Å². The average Bonchev–Trinajstić information content (AvgIpc) is 3.53. The second-order valence-electron chi connectivity index (χ2n) is 8.85. The van der Waals surface area contributed by atoms with Crippen molar-refractivity contribution in [2.45, 2.75) is 26.8 Å². The largest absolute Gasteiger partial charge is 0.493 e. The van der Waals surface area contributed by atoms with Crippen LogP contribution in [0.4, 0.5) is 0 Å². The number of benzene rings is 2. The van der Waals surface area contributed by atoms with Crippen molar-refractivity contribution in [2.24, 2.45) is 4.99 Å². The summed E-state index contributed by atoms with van der Waals surface area (Å²) in [5.74, 6) is 1.68. The van der Waals surface area contributed by atoms with Crippen molar-refractivity contribution >= 4 is 35.0 Å². The van der Waals surface area contributed by atoms with Crippen molar-refractivity contribution in [3.63, 3.8) is 0 Å². The van der Waals surface area contributed by atoms with E-state index in [0.717, 1.165) is 5.56 Å². The van der Waals surface area contributed by atoms with E-state index in [1.165, 1.54) is 15.9 Å². The van der Waals surface area contributed by atoms with E-state index in [0.29, 0.717) is 55.2 Å². The Labute approximate surface area is 239 Å². The van der Waals surface area contributed by atoms with Crippen LogP contribution in [-0.2, 0) is 9.53 Å². The SMILES string of the molecule is CCOC(=O)C1=C(C)N=c2s/c(=C\c3ccc(-c4ccc(Cl)cc4)o3)c(=O)n2[C@@H]1c1ccc(OC)c(OCC)c1. The van der Waals surface area contributed by atoms with Crippen LogP contribution >= 0.6 is 22.9 Å². The lowest BCUT2D eigenvalue weighted by atomic mass is 9.95. The van der Waals surface area contributed by atoms with Gasteiger partial charge >= 0.3 is 5.97 Å². The second kappa shape index (κ2) is 11.6. The lowest BCUT2D eigenvalue weighted by molar-refractivity contribution is -0.139. The summed E-state index contributed by atoms with van der Waals surface area (Å²) >= 11 is 7.23. The normalized spacial score (nSPS) is 15.0. The molecule has 40 heavy (non-hydrogen) atoms. The average molecular weight is 579 g/mol. The Morgan fingerprint density at radius 3 is 2.58 bits per heavy atom. The first-order valence-electron chi connectivity index (χ1n) is 12.7. The number of furan rings is 1. The van der Waals surface area contributed by atoms with Gasteiger partial charge in [0.05, 0.1) is 42.2 Å². The number of carbonyl (C=O) groups excluding carboxylic acids is 1. The topological polar surface area (TPSA) is 92.3 Å². The maximum atomic E-state index is 13.9. The van der Waals surface area contributed by atoms with Gasteiger partial charge in [-0.05, 0) is 74.9 Å². The molecule has 0 spiro atoms. The van der Waals surface area contributed by atoms with Crippen LogP contribution in [0.25, 0.3) is 17.4 Å². The van der Waals surface area contributed by atoms with E-state index in [9.17, 15) is 9.59 Å². The van der Waals surface area contributed by atoms with Gasteiger partial charge in [-0.25, -0.2) is 9.79 Å². The molecule has 1 aliphatic rings. The molecule has 4 aromatic rings. The predicted octanol–water partition coefficient (Wildman–Crippen LogP) is 5.12. The minimum Gasteiger partial charge on any atom is -0.493 e. The number of fused-ring (bicyclic) bond motifs is 1. The summed E-state index contributed by atoms with van der Waals surface area (Å²) in [6.45, 7) is 5.96. The number of hydrogen-bond donors (Lipinski definition) is 0. The molecule has 2 aromatic heterocycles. The molecule has 0 aliphatic carbocycles. The number of carbonyl (C=O) groups is 1. The molecule has 1 atom stereocenters. The summed E-state index contributed by atoms with van der Waals surface area (Å²) in [5, 5.41) is 0.633. The molecule has 0 unspecified atom stereocenters. The lowest BCUT2D eigenvalue weighted by Crippen LogP contribution is -2.39. The summed E-state index contributed by atoms with van der Waals surface area (Å²) in [4.78, 5) is 32.1. The van der Waals surface area contributed by atoms with Crippen LogP contribution in [0.5, 0.6) is 11.5 Å². The quantitative estimate of drug-likeness (QED) is 0.270. The van der Waals surface area contributed by atoms with Gasteiger partial charge < -0.3 is 18.6 Å². The number of allylic oxidation sites excluding steroid dienone is 1. The van der Waals surface area contributed by atoms with E-state index in [1.54, 1.807) is 57.4 Å². The zero-order chi connectivity index (χ0) is 28.4. The monoisotopic (exact) mass is 578 g/mol. The van der Waals surface area contributed by atoms with Crippen LogP contribution in [0.1, 0.15) is 38.1 Å². The van der Waals surface area contributed by atoms with Gasteiger partial charge in [-0.1, -0.05) is 29.0 Å². The van der Waals surface area contributed by atoms with E-state index < -0.39 is 12.0 Å². The van der Waals surface area contributed by atoms with Crippen LogP contribution in [0.15, 0.2) is 80.1 Å². The fraction of sp³-hybridized carbons (Fsp3) is 0.233. The van der Waals surface area contributed by atoms with E-state index >= 15 is 0 Å². The van der Waals surface area contributed by atoms with Gasteiger partial charge in [0.2, 0.25) is 0 Å². The van der Waals surface area contributed by atoms with Gasteiger partial charge in [-0.2, -0.15) is 0 Å². The number of methoxy groups -OCH3 is 1. The molecular formula is C30H27ClN2O6S. The van der Waals surface area contributed by atoms with Crippen molar-refractivity contribution in [1.82, 2.24) is 4.57 Å². The summed E-state index contributed by atoms with van der Waals surface area (Å²) < 4.78 is 24.6. The smallest absolute Gasteiger partial charge is 0.338 e.